The van der Waals surface area contributed by atoms with Crippen LogP contribution >= 0.6 is 23.2 Å². The van der Waals surface area contributed by atoms with Crippen LogP contribution in [-0.4, -0.2) is 17.6 Å². The molecule has 2 rings (SSSR count). The summed E-state index contributed by atoms with van der Waals surface area (Å²) < 4.78 is 5.18. The number of aryl methyl sites for hydroxylation is 1. The van der Waals surface area contributed by atoms with Gasteiger partial charge in [0.1, 0.15) is 5.15 Å². The number of esters is 1. The average molecular weight is 352 g/mol. The van der Waals surface area contributed by atoms with Crippen molar-refractivity contribution < 1.29 is 9.53 Å². The number of halogens is 2. The van der Waals surface area contributed by atoms with Gasteiger partial charge in [0.2, 0.25) is 0 Å². The van der Waals surface area contributed by atoms with Crippen LogP contribution in [0.25, 0.3) is 0 Å². The minimum Gasteiger partial charge on any atom is -0.461 e. The lowest BCUT2D eigenvalue weighted by Gasteiger charge is -2.06. The minimum absolute atomic E-state index is 0.0724. The number of pyridine rings is 1. The molecule has 1 aromatic carbocycles. The Balaban J connectivity index is 1.60. The second kappa shape index (κ2) is 9.53. The van der Waals surface area contributed by atoms with Gasteiger partial charge >= 0.3 is 5.97 Å². The molecular formula is C18H19Cl2NO2. The molecule has 0 aliphatic carbocycles. The highest BCUT2D eigenvalue weighted by molar-refractivity contribution is 6.34. The molecule has 5 heteroatoms. The zero-order valence-electron chi connectivity index (χ0n) is 12.8. The average Bonchev–Trinajstić information content (AvgIpc) is 2.57. The Bertz CT molecular complexity index is 632. The molecule has 0 saturated carbocycles. The van der Waals surface area contributed by atoms with Crippen LogP contribution < -0.4 is 0 Å². The molecule has 0 aliphatic rings. The maximum atomic E-state index is 11.9. The maximum Gasteiger partial charge on any atom is 0.358 e. The van der Waals surface area contributed by atoms with Gasteiger partial charge in [-0.25, -0.2) is 9.78 Å². The van der Waals surface area contributed by atoms with Gasteiger partial charge in [-0.2, -0.15) is 0 Å². The molecule has 0 radical (unpaired) electrons. The van der Waals surface area contributed by atoms with E-state index in [9.17, 15) is 4.79 Å². The topological polar surface area (TPSA) is 39.2 Å². The molecule has 0 aliphatic heterocycles. The highest BCUT2D eigenvalue weighted by atomic mass is 35.5. The van der Waals surface area contributed by atoms with Gasteiger partial charge in [0, 0.05) is 0 Å². The number of hydrogen-bond donors (Lipinski definition) is 0. The summed E-state index contributed by atoms with van der Waals surface area (Å²) in [7, 11) is 0. The van der Waals surface area contributed by atoms with Gasteiger partial charge in [-0.05, 0) is 37.0 Å². The molecule has 0 fully saturated rings. The number of hydrogen-bond acceptors (Lipinski definition) is 3. The summed E-state index contributed by atoms with van der Waals surface area (Å²) in [6.45, 7) is 0.370. The summed E-state index contributed by atoms with van der Waals surface area (Å²) in [6.07, 6.45) is 5.19. The first kappa shape index (κ1) is 17.8. The minimum atomic E-state index is -0.526. The second-order valence-corrected chi connectivity index (χ2v) is 6.04. The summed E-state index contributed by atoms with van der Waals surface area (Å²) in [5.74, 6) is -0.526. The van der Waals surface area contributed by atoms with E-state index >= 15 is 0 Å². The molecule has 0 spiro atoms. The molecule has 1 aromatic heterocycles. The van der Waals surface area contributed by atoms with Crippen molar-refractivity contribution in [2.45, 2.75) is 32.1 Å². The van der Waals surface area contributed by atoms with E-state index in [0.717, 1.165) is 32.1 Å². The van der Waals surface area contributed by atoms with Crippen molar-refractivity contribution in [3.63, 3.8) is 0 Å². The van der Waals surface area contributed by atoms with Gasteiger partial charge in [0.25, 0.3) is 0 Å². The number of carbonyl (C=O) groups excluding carboxylic acids is 1. The van der Waals surface area contributed by atoms with E-state index in [4.69, 9.17) is 27.9 Å². The van der Waals surface area contributed by atoms with Crippen molar-refractivity contribution in [3.05, 3.63) is 63.9 Å². The van der Waals surface area contributed by atoms with E-state index in [-0.39, 0.29) is 15.9 Å². The van der Waals surface area contributed by atoms with Crippen molar-refractivity contribution in [1.29, 1.82) is 0 Å². The maximum absolute atomic E-state index is 11.9. The van der Waals surface area contributed by atoms with E-state index in [1.54, 1.807) is 0 Å². The largest absolute Gasteiger partial charge is 0.461 e. The van der Waals surface area contributed by atoms with Crippen LogP contribution in [0.5, 0.6) is 0 Å². The predicted molar refractivity (Wildman–Crippen MR) is 93.2 cm³/mol. The Kier molecular flexibility index (Phi) is 7.37. The highest BCUT2D eigenvalue weighted by Crippen LogP contribution is 2.18. The lowest BCUT2D eigenvalue weighted by atomic mass is 10.1. The van der Waals surface area contributed by atoms with Crippen LogP contribution in [0.4, 0.5) is 0 Å². The molecule has 0 N–H and O–H groups in total. The standard InChI is InChI=1S/C18H19Cl2NO2/c19-15-11-12-16(20)21-17(15)18(22)23-13-7-2-1-4-8-14-9-5-3-6-10-14/h3,5-6,9-12H,1-2,4,7-8,13H2. The highest BCUT2D eigenvalue weighted by Gasteiger charge is 2.14. The number of ether oxygens (including phenoxy) is 1. The third-order valence-electron chi connectivity index (χ3n) is 3.44. The molecule has 0 saturated heterocycles. The fourth-order valence-electron chi connectivity index (χ4n) is 2.22. The third kappa shape index (κ3) is 6.20. The van der Waals surface area contributed by atoms with E-state index in [1.165, 1.54) is 17.7 Å². The first-order valence-electron chi connectivity index (χ1n) is 7.70. The molecule has 0 bridgehead atoms. The summed E-state index contributed by atoms with van der Waals surface area (Å²) in [5.41, 5.74) is 1.43. The SMILES string of the molecule is O=C(OCCCCCCc1ccccc1)c1nc(Cl)ccc1Cl. The van der Waals surface area contributed by atoms with Crippen LogP contribution in [0.2, 0.25) is 10.2 Å². The Labute approximate surface area is 146 Å². The van der Waals surface area contributed by atoms with Gasteiger partial charge in [-0.1, -0.05) is 66.4 Å². The summed E-state index contributed by atoms with van der Waals surface area (Å²) in [4.78, 5) is 15.8. The molecule has 0 amide bonds. The first-order valence-corrected chi connectivity index (χ1v) is 8.45. The third-order valence-corrected chi connectivity index (χ3v) is 3.96. The molecule has 23 heavy (non-hydrogen) atoms. The van der Waals surface area contributed by atoms with E-state index in [0.29, 0.717) is 6.61 Å². The van der Waals surface area contributed by atoms with Gasteiger partial charge in [0.15, 0.2) is 5.69 Å². The van der Waals surface area contributed by atoms with Gasteiger partial charge in [-0.15, -0.1) is 0 Å². The van der Waals surface area contributed by atoms with Gasteiger partial charge < -0.3 is 4.74 Å². The Hall–Kier alpha value is -1.58. The quantitative estimate of drug-likeness (QED) is 0.365. The van der Waals surface area contributed by atoms with E-state index in [2.05, 4.69) is 29.2 Å². The van der Waals surface area contributed by atoms with Gasteiger partial charge in [-0.3, -0.25) is 0 Å². The van der Waals surface area contributed by atoms with Crippen LogP contribution in [0, 0.1) is 0 Å². The number of unbranched alkanes of at least 4 members (excludes halogenated alkanes) is 3. The van der Waals surface area contributed by atoms with Crippen molar-refractivity contribution >= 4 is 29.2 Å². The normalized spacial score (nSPS) is 10.5. The summed E-state index contributed by atoms with van der Waals surface area (Å²) in [6, 6.07) is 13.5. The number of rotatable bonds is 8. The summed E-state index contributed by atoms with van der Waals surface area (Å²) >= 11 is 11.7. The Morgan fingerprint density at radius 3 is 2.48 bits per heavy atom. The zero-order chi connectivity index (χ0) is 16.5. The van der Waals surface area contributed by atoms with E-state index < -0.39 is 5.97 Å². The number of benzene rings is 1. The molecular weight excluding hydrogens is 333 g/mol. The van der Waals surface area contributed by atoms with Crippen molar-refractivity contribution in [2.75, 3.05) is 6.61 Å². The number of nitrogens with zero attached hydrogens (tertiary/aromatic N) is 1. The van der Waals surface area contributed by atoms with Crippen LogP contribution in [0.1, 0.15) is 41.7 Å². The zero-order valence-corrected chi connectivity index (χ0v) is 14.3. The second-order valence-electron chi connectivity index (χ2n) is 5.25. The fourth-order valence-corrected chi connectivity index (χ4v) is 2.55. The van der Waals surface area contributed by atoms with Crippen LogP contribution in [-0.2, 0) is 11.2 Å². The lowest BCUT2D eigenvalue weighted by molar-refractivity contribution is 0.0491. The van der Waals surface area contributed by atoms with Crippen molar-refractivity contribution in [1.82, 2.24) is 4.98 Å². The van der Waals surface area contributed by atoms with Crippen LogP contribution in [0.15, 0.2) is 42.5 Å². The Morgan fingerprint density at radius 1 is 0.957 bits per heavy atom. The number of aromatic nitrogens is 1. The molecule has 0 unspecified atom stereocenters. The predicted octanol–water partition coefficient (Wildman–Crippen LogP) is 5.35. The van der Waals surface area contributed by atoms with E-state index in [1.807, 2.05) is 6.07 Å². The van der Waals surface area contributed by atoms with Gasteiger partial charge in [0.05, 0.1) is 11.6 Å². The monoisotopic (exact) mass is 351 g/mol. The number of carbonyl (C=O) groups is 1. The van der Waals surface area contributed by atoms with Crippen molar-refractivity contribution in [2.24, 2.45) is 0 Å². The lowest BCUT2D eigenvalue weighted by Crippen LogP contribution is -2.09. The summed E-state index contributed by atoms with van der Waals surface area (Å²) in [5, 5.41) is 0.476. The molecule has 0 atom stereocenters. The molecule has 1 heterocycles. The fraction of sp³-hybridized carbons (Fsp3) is 0.333. The first-order chi connectivity index (χ1) is 11.2. The Morgan fingerprint density at radius 2 is 1.70 bits per heavy atom. The molecule has 2 aromatic rings. The molecule has 122 valence electrons. The van der Waals surface area contributed by atoms with Crippen molar-refractivity contribution in [3.8, 4) is 0 Å². The van der Waals surface area contributed by atoms with Crippen LogP contribution in [0.3, 0.4) is 0 Å². The molecule has 3 nitrogen and oxygen atoms in total. The smallest absolute Gasteiger partial charge is 0.358 e.